The Kier molecular flexibility index (Phi) is 6.59. The molecule has 0 saturated carbocycles. The van der Waals surface area contributed by atoms with Crippen molar-refractivity contribution in [2.45, 2.75) is 25.9 Å². The number of benzene rings is 2. The molecule has 0 unspecified atom stereocenters. The maximum absolute atomic E-state index is 13.3. The minimum atomic E-state index is -0.780. The summed E-state index contributed by atoms with van der Waals surface area (Å²) in [6.07, 6.45) is 1.19. The molecule has 1 aliphatic rings. The Morgan fingerprint density at radius 2 is 2.00 bits per heavy atom. The van der Waals surface area contributed by atoms with Crippen LogP contribution in [0.4, 0.5) is 5.69 Å². The van der Waals surface area contributed by atoms with Gasteiger partial charge in [0.25, 0.3) is 11.8 Å². The minimum absolute atomic E-state index is 0.118. The van der Waals surface area contributed by atoms with Gasteiger partial charge in [-0.2, -0.15) is 0 Å². The molecule has 2 aromatic carbocycles. The van der Waals surface area contributed by atoms with Gasteiger partial charge in [0, 0.05) is 12.6 Å². The van der Waals surface area contributed by atoms with Gasteiger partial charge in [-0.15, -0.1) is 0 Å². The van der Waals surface area contributed by atoms with Crippen LogP contribution in [-0.4, -0.2) is 45.2 Å². The lowest BCUT2D eigenvalue weighted by Crippen LogP contribution is -2.50. The highest BCUT2D eigenvalue weighted by Crippen LogP contribution is 2.35. The van der Waals surface area contributed by atoms with Gasteiger partial charge in [0.2, 0.25) is 0 Å². The molecule has 1 atom stereocenters. The van der Waals surface area contributed by atoms with Crippen molar-refractivity contribution in [3.8, 4) is 17.2 Å². The molecule has 2 amide bonds. The second-order valence-corrected chi connectivity index (χ2v) is 6.67. The summed E-state index contributed by atoms with van der Waals surface area (Å²) in [7, 11) is 3.09. The predicted molar refractivity (Wildman–Crippen MR) is 110 cm³/mol. The Hall–Kier alpha value is -3.22. The number of nitrogens with one attached hydrogen (secondary N) is 1. The van der Waals surface area contributed by atoms with E-state index in [-0.39, 0.29) is 18.4 Å². The number of para-hydroxylation sites is 2. The summed E-state index contributed by atoms with van der Waals surface area (Å²) in [6.45, 7) is 2.80. The molecule has 2 aromatic rings. The summed E-state index contributed by atoms with van der Waals surface area (Å²) in [4.78, 5) is 27.0. The Morgan fingerprint density at radius 1 is 1.21 bits per heavy atom. The Labute approximate surface area is 170 Å². The van der Waals surface area contributed by atoms with Crippen LogP contribution in [-0.2, 0) is 4.79 Å². The van der Waals surface area contributed by atoms with E-state index < -0.39 is 6.10 Å². The largest absolute Gasteiger partial charge is 0.493 e. The summed E-state index contributed by atoms with van der Waals surface area (Å²) in [5.41, 5.74) is 1.07. The SMILES string of the molecule is CCCCOc1ccc(C(=O)N2C[C@@H](C(=O)NC)Oc3ccccc32)cc1OC. The van der Waals surface area contributed by atoms with Crippen LogP contribution < -0.4 is 24.4 Å². The van der Waals surface area contributed by atoms with Crippen molar-refractivity contribution in [1.29, 1.82) is 0 Å². The van der Waals surface area contributed by atoms with Gasteiger partial charge < -0.3 is 24.4 Å². The monoisotopic (exact) mass is 398 g/mol. The van der Waals surface area contributed by atoms with Crippen LogP contribution in [0, 0.1) is 0 Å². The van der Waals surface area contributed by atoms with Crippen LogP contribution in [0.2, 0.25) is 0 Å². The topological polar surface area (TPSA) is 77.1 Å². The number of likely N-dealkylation sites (N-methyl/N-ethyl adjacent to an activating group) is 1. The van der Waals surface area contributed by atoms with Crippen molar-refractivity contribution in [2.24, 2.45) is 0 Å². The van der Waals surface area contributed by atoms with Crippen LogP contribution in [0.15, 0.2) is 42.5 Å². The number of hydrogen-bond donors (Lipinski definition) is 1. The van der Waals surface area contributed by atoms with Gasteiger partial charge in [-0.1, -0.05) is 25.5 Å². The second kappa shape index (κ2) is 9.32. The van der Waals surface area contributed by atoms with E-state index in [4.69, 9.17) is 14.2 Å². The molecule has 7 nitrogen and oxygen atoms in total. The summed E-state index contributed by atoms with van der Waals surface area (Å²) < 4.78 is 16.9. The van der Waals surface area contributed by atoms with Gasteiger partial charge in [-0.3, -0.25) is 9.59 Å². The molecule has 0 aromatic heterocycles. The number of nitrogens with zero attached hydrogens (tertiary/aromatic N) is 1. The van der Waals surface area contributed by atoms with E-state index in [1.807, 2.05) is 6.07 Å². The molecule has 1 aliphatic heterocycles. The van der Waals surface area contributed by atoms with E-state index in [0.29, 0.717) is 35.1 Å². The Bertz CT molecular complexity index is 883. The molecular formula is C22H26N2O5. The number of unbranched alkanes of at least 4 members (excludes halogenated alkanes) is 1. The standard InChI is InChI=1S/C22H26N2O5/c1-4-5-12-28-18-11-10-15(13-19(18)27-3)22(26)24-14-20(21(25)23-2)29-17-9-7-6-8-16(17)24/h6-11,13,20H,4-5,12,14H2,1-3H3,(H,23,25)/t20-/m0/s1. The summed E-state index contributed by atoms with van der Waals surface area (Å²) >= 11 is 0. The number of ether oxygens (including phenoxy) is 3. The number of rotatable bonds is 7. The van der Waals surface area contributed by atoms with Crippen molar-refractivity contribution in [2.75, 3.05) is 32.2 Å². The molecule has 154 valence electrons. The highest BCUT2D eigenvalue weighted by Gasteiger charge is 2.34. The third-order valence-corrected chi connectivity index (χ3v) is 4.72. The summed E-state index contributed by atoms with van der Waals surface area (Å²) in [6, 6.07) is 12.3. The van der Waals surface area contributed by atoms with Gasteiger partial charge in [-0.05, 0) is 36.8 Å². The van der Waals surface area contributed by atoms with E-state index in [2.05, 4.69) is 12.2 Å². The quantitative estimate of drug-likeness (QED) is 0.726. The first-order chi connectivity index (χ1) is 14.1. The van der Waals surface area contributed by atoms with Crippen molar-refractivity contribution >= 4 is 17.5 Å². The maximum atomic E-state index is 13.3. The van der Waals surface area contributed by atoms with E-state index in [1.165, 1.54) is 0 Å². The van der Waals surface area contributed by atoms with E-state index in [9.17, 15) is 9.59 Å². The molecular weight excluding hydrogens is 372 g/mol. The molecule has 7 heteroatoms. The normalized spacial score (nSPS) is 15.1. The molecule has 1 heterocycles. The first-order valence-corrected chi connectivity index (χ1v) is 9.69. The predicted octanol–water partition coefficient (Wildman–Crippen LogP) is 3.03. The maximum Gasteiger partial charge on any atom is 0.262 e. The molecule has 0 fully saturated rings. The average molecular weight is 398 g/mol. The third-order valence-electron chi connectivity index (χ3n) is 4.72. The number of anilines is 1. The highest BCUT2D eigenvalue weighted by atomic mass is 16.5. The van der Waals surface area contributed by atoms with Crippen LogP contribution in [0.3, 0.4) is 0 Å². The number of methoxy groups -OCH3 is 1. The zero-order valence-corrected chi connectivity index (χ0v) is 16.9. The molecule has 0 aliphatic carbocycles. The summed E-state index contributed by atoms with van der Waals surface area (Å²) in [5.74, 6) is 1.06. The van der Waals surface area contributed by atoms with Crippen molar-refractivity contribution < 1.29 is 23.8 Å². The second-order valence-electron chi connectivity index (χ2n) is 6.67. The lowest BCUT2D eigenvalue weighted by atomic mass is 10.1. The zero-order chi connectivity index (χ0) is 20.8. The van der Waals surface area contributed by atoms with Crippen LogP contribution in [0.5, 0.6) is 17.2 Å². The zero-order valence-electron chi connectivity index (χ0n) is 16.9. The molecule has 0 radical (unpaired) electrons. The third kappa shape index (κ3) is 4.45. The van der Waals surface area contributed by atoms with Gasteiger partial charge in [0.05, 0.1) is 25.9 Å². The van der Waals surface area contributed by atoms with Crippen molar-refractivity contribution in [3.63, 3.8) is 0 Å². The molecule has 0 bridgehead atoms. The van der Waals surface area contributed by atoms with Crippen LogP contribution in [0.25, 0.3) is 0 Å². The van der Waals surface area contributed by atoms with Crippen molar-refractivity contribution in [1.82, 2.24) is 5.32 Å². The Balaban J connectivity index is 1.89. The minimum Gasteiger partial charge on any atom is -0.493 e. The number of carbonyl (C=O) groups excluding carboxylic acids is 2. The molecule has 0 saturated heterocycles. The number of hydrogen-bond acceptors (Lipinski definition) is 5. The van der Waals surface area contributed by atoms with Crippen molar-refractivity contribution in [3.05, 3.63) is 48.0 Å². The van der Waals surface area contributed by atoms with Gasteiger partial charge >= 0.3 is 0 Å². The first-order valence-electron chi connectivity index (χ1n) is 9.69. The number of amides is 2. The fraction of sp³-hybridized carbons (Fsp3) is 0.364. The first kappa shape index (κ1) is 20.5. The molecule has 29 heavy (non-hydrogen) atoms. The number of fused-ring (bicyclic) bond motifs is 1. The van der Waals surface area contributed by atoms with E-state index >= 15 is 0 Å². The smallest absolute Gasteiger partial charge is 0.262 e. The molecule has 0 spiro atoms. The van der Waals surface area contributed by atoms with E-state index in [1.54, 1.807) is 55.5 Å². The van der Waals surface area contributed by atoms with Gasteiger partial charge in [-0.25, -0.2) is 0 Å². The molecule has 3 rings (SSSR count). The van der Waals surface area contributed by atoms with Gasteiger partial charge in [0.15, 0.2) is 17.6 Å². The van der Waals surface area contributed by atoms with Crippen LogP contribution in [0.1, 0.15) is 30.1 Å². The van der Waals surface area contributed by atoms with Gasteiger partial charge in [0.1, 0.15) is 5.75 Å². The highest BCUT2D eigenvalue weighted by molar-refractivity contribution is 6.08. The fourth-order valence-electron chi connectivity index (χ4n) is 3.13. The Morgan fingerprint density at radius 3 is 2.72 bits per heavy atom. The summed E-state index contributed by atoms with van der Waals surface area (Å²) in [5, 5.41) is 2.58. The van der Waals surface area contributed by atoms with Crippen LogP contribution >= 0.6 is 0 Å². The fourth-order valence-corrected chi connectivity index (χ4v) is 3.13. The number of carbonyl (C=O) groups is 2. The lowest BCUT2D eigenvalue weighted by molar-refractivity contribution is -0.127. The van der Waals surface area contributed by atoms with E-state index in [0.717, 1.165) is 12.8 Å². The average Bonchev–Trinajstić information content (AvgIpc) is 2.77. The molecule has 1 N–H and O–H groups in total. The lowest BCUT2D eigenvalue weighted by Gasteiger charge is -2.34.